The number of amides is 2. The molecule has 39 heavy (non-hydrogen) atoms. The van der Waals surface area contributed by atoms with E-state index in [4.69, 9.17) is 9.72 Å². The van der Waals surface area contributed by atoms with E-state index in [-0.39, 0.29) is 17.5 Å². The number of carbonyl (C=O) groups is 1. The average Bonchev–Trinajstić information content (AvgIpc) is 3.63. The number of pyridine rings is 1. The Morgan fingerprint density at radius 3 is 2.77 bits per heavy atom. The summed E-state index contributed by atoms with van der Waals surface area (Å²) in [7, 11) is 0. The molecule has 2 aliphatic rings. The van der Waals surface area contributed by atoms with Crippen LogP contribution in [0.2, 0.25) is 0 Å². The van der Waals surface area contributed by atoms with Gasteiger partial charge in [-0.3, -0.25) is 0 Å². The molecule has 11 heteroatoms. The third kappa shape index (κ3) is 5.21. The molecule has 10 nitrogen and oxygen atoms in total. The number of aromatic nitrogens is 5. The SMILES string of the molecule is Cc1cc(OC[C@H](C)c2ccccc2)cn2nc(CCN3CC4(CCN(c5ncc(F)cn5)C4)NC3=O)nc12. The van der Waals surface area contributed by atoms with E-state index < -0.39 is 5.82 Å². The summed E-state index contributed by atoms with van der Waals surface area (Å²) in [6, 6.07) is 12.2. The van der Waals surface area contributed by atoms with Crippen molar-refractivity contribution in [3.05, 3.63) is 77.8 Å². The largest absolute Gasteiger partial charge is 0.491 e. The first-order valence-corrected chi connectivity index (χ1v) is 13.2. The zero-order valence-electron chi connectivity index (χ0n) is 22.0. The van der Waals surface area contributed by atoms with Crippen LogP contribution < -0.4 is 15.0 Å². The molecule has 1 unspecified atom stereocenters. The van der Waals surface area contributed by atoms with E-state index >= 15 is 0 Å². The molecular formula is C28H31FN8O2. The Kier molecular flexibility index (Phi) is 6.49. The van der Waals surface area contributed by atoms with Crippen LogP contribution in [0.1, 0.15) is 36.2 Å². The lowest BCUT2D eigenvalue weighted by molar-refractivity contribution is 0.217. The standard InChI is InChI=1S/C28H31FN8O2/c1-19-12-23(39-16-20(2)21-6-4-3-5-7-21)15-37-25(19)32-24(34-37)8-10-36-18-28(33-27(36)38)9-11-35(17-28)26-30-13-22(29)14-31-26/h3-7,12-15,20H,8-11,16-18H2,1-2H3,(H,33,38)/t20-,28?/m0/s1. The van der Waals surface area contributed by atoms with Gasteiger partial charge in [0.25, 0.3) is 0 Å². The van der Waals surface area contributed by atoms with E-state index in [1.807, 2.05) is 47.2 Å². The maximum absolute atomic E-state index is 13.2. The summed E-state index contributed by atoms with van der Waals surface area (Å²) in [5, 5.41) is 7.82. The lowest BCUT2D eigenvalue weighted by atomic mass is 10.0. The number of hydrogen-bond acceptors (Lipinski definition) is 7. The van der Waals surface area contributed by atoms with Crippen LogP contribution >= 0.6 is 0 Å². The van der Waals surface area contributed by atoms with Gasteiger partial charge in [0, 0.05) is 38.5 Å². The van der Waals surface area contributed by atoms with Gasteiger partial charge < -0.3 is 19.9 Å². The topological polar surface area (TPSA) is 101 Å². The Balaban J connectivity index is 1.07. The minimum absolute atomic E-state index is 0.0972. The Labute approximate surface area is 225 Å². The summed E-state index contributed by atoms with van der Waals surface area (Å²) in [6.45, 7) is 7.07. The summed E-state index contributed by atoms with van der Waals surface area (Å²) >= 11 is 0. The fourth-order valence-electron chi connectivity index (χ4n) is 5.39. The first-order valence-electron chi connectivity index (χ1n) is 13.2. The van der Waals surface area contributed by atoms with Crippen molar-refractivity contribution in [2.75, 3.05) is 37.7 Å². The number of nitrogens with zero attached hydrogens (tertiary/aromatic N) is 7. The fourth-order valence-corrected chi connectivity index (χ4v) is 5.39. The molecule has 0 saturated carbocycles. The van der Waals surface area contributed by atoms with Gasteiger partial charge in [0.1, 0.15) is 5.75 Å². The summed E-state index contributed by atoms with van der Waals surface area (Å²) < 4.78 is 21.1. The smallest absolute Gasteiger partial charge is 0.318 e. The number of benzene rings is 1. The molecule has 1 aromatic carbocycles. The van der Waals surface area contributed by atoms with Crippen molar-refractivity contribution in [3.8, 4) is 5.75 Å². The van der Waals surface area contributed by atoms with Crippen molar-refractivity contribution >= 4 is 17.6 Å². The van der Waals surface area contributed by atoms with Crippen molar-refractivity contribution in [1.29, 1.82) is 0 Å². The Morgan fingerprint density at radius 2 is 1.97 bits per heavy atom. The predicted molar refractivity (Wildman–Crippen MR) is 143 cm³/mol. The number of hydrogen-bond donors (Lipinski definition) is 1. The Bertz CT molecular complexity index is 1480. The quantitative estimate of drug-likeness (QED) is 0.373. The number of aryl methyl sites for hydroxylation is 1. The van der Waals surface area contributed by atoms with Gasteiger partial charge in [-0.2, -0.15) is 5.10 Å². The number of rotatable bonds is 8. The van der Waals surface area contributed by atoms with Crippen LogP contribution in [0.4, 0.5) is 15.1 Å². The molecule has 2 saturated heterocycles. The highest BCUT2D eigenvalue weighted by Gasteiger charge is 2.47. The molecule has 2 amide bonds. The van der Waals surface area contributed by atoms with Crippen molar-refractivity contribution in [2.45, 2.75) is 38.1 Å². The van der Waals surface area contributed by atoms with Gasteiger partial charge in [-0.15, -0.1) is 0 Å². The van der Waals surface area contributed by atoms with Crippen LogP contribution in [-0.4, -0.2) is 73.8 Å². The van der Waals surface area contributed by atoms with E-state index in [0.717, 1.165) is 35.8 Å². The third-order valence-corrected chi connectivity index (χ3v) is 7.51. The number of nitrogens with one attached hydrogen (secondary N) is 1. The molecule has 3 aromatic heterocycles. The van der Waals surface area contributed by atoms with Gasteiger partial charge >= 0.3 is 6.03 Å². The molecular weight excluding hydrogens is 499 g/mol. The van der Waals surface area contributed by atoms with Crippen molar-refractivity contribution in [3.63, 3.8) is 0 Å². The third-order valence-electron chi connectivity index (χ3n) is 7.51. The van der Waals surface area contributed by atoms with E-state index in [9.17, 15) is 9.18 Å². The van der Waals surface area contributed by atoms with E-state index in [0.29, 0.717) is 51.0 Å². The van der Waals surface area contributed by atoms with E-state index in [1.165, 1.54) is 5.56 Å². The van der Waals surface area contributed by atoms with Crippen LogP contribution in [0.25, 0.3) is 5.65 Å². The molecule has 2 fully saturated rings. The molecule has 1 N–H and O–H groups in total. The number of halogens is 1. The molecule has 0 bridgehead atoms. The van der Waals surface area contributed by atoms with Crippen LogP contribution in [0.15, 0.2) is 55.0 Å². The molecule has 0 radical (unpaired) electrons. The molecule has 202 valence electrons. The van der Waals surface area contributed by atoms with Gasteiger partial charge in [-0.25, -0.2) is 28.7 Å². The van der Waals surface area contributed by atoms with Crippen LogP contribution in [0.3, 0.4) is 0 Å². The molecule has 2 aliphatic heterocycles. The molecule has 2 atom stereocenters. The van der Waals surface area contributed by atoms with Gasteiger partial charge in [0.15, 0.2) is 17.3 Å². The summed E-state index contributed by atoms with van der Waals surface area (Å²) in [6.07, 6.45) is 5.50. The second-order valence-electron chi connectivity index (χ2n) is 10.5. The Morgan fingerprint density at radius 1 is 1.18 bits per heavy atom. The zero-order valence-corrected chi connectivity index (χ0v) is 22.0. The first kappa shape index (κ1) is 25.0. The molecule has 0 aliphatic carbocycles. The maximum Gasteiger partial charge on any atom is 0.318 e. The minimum Gasteiger partial charge on any atom is -0.491 e. The average molecular weight is 531 g/mol. The summed E-state index contributed by atoms with van der Waals surface area (Å²) in [5.41, 5.74) is 2.62. The van der Waals surface area contributed by atoms with Crippen molar-refractivity contribution < 1.29 is 13.9 Å². The lowest BCUT2D eigenvalue weighted by Crippen LogP contribution is -2.46. The molecule has 5 heterocycles. The minimum atomic E-state index is -0.467. The highest BCUT2D eigenvalue weighted by molar-refractivity contribution is 5.78. The second kappa shape index (κ2) is 10.1. The highest BCUT2D eigenvalue weighted by atomic mass is 19.1. The fraction of sp³-hybridized carbons (Fsp3) is 0.393. The van der Waals surface area contributed by atoms with Crippen LogP contribution in [0.5, 0.6) is 5.75 Å². The molecule has 4 aromatic rings. The van der Waals surface area contributed by atoms with E-state index in [2.05, 4.69) is 39.4 Å². The van der Waals surface area contributed by atoms with Gasteiger partial charge in [0.05, 0.1) is 30.7 Å². The zero-order chi connectivity index (χ0) is 27.0. The maximum atomic E-state index is 13.2. The highest BCUT2D eigenvalue weighted by Crippen LogP contribution is 2.29. The van der Waals surface area contributed by atoms with Crippen LogP contribution in [0, 0.1) is 12.7 Å². The van der Waals surface area contributed by atoms with Gasteiger partial charge in [-0.1, -0.05) is 37.3 Å². The first-order chi connectivity index (χ1) is 18.9. The normalized spacial score (nSPS) is 19.7. The number of ether oxygens (including phenoxy) is 1. The van der Waals surface area contributed by atoms with Crippen molar-refractivity contribution in [2.24, 2.45) is 0 Å². The second-order valence-corrected chi connectivity index (χ2v) is 10.5. The summed E-state index contributed by atoms with van der Waals surface area (Å²) in [4.78, 5) is 29.5. The van der Waals surface area contributed by atoms with E-state index in [1.54, 1.807) is 4.52 Å². The molecule has 6 rings (SSSR count). The number of anilines is 1. The monoisotopic (exact) mass is 530 g/mol. The van der Waals surface area contributed by atoms with Gasteiger partial charge in [0.2, 0.25) is 5.95 Å². The van der Waals surface area contributed by atoms with Gasteiger partial charge in [-0.05, 0) is 30.5 Å². The molecule has 1 spiro atoms. The number of urea groups is 1. The predicted octanol–water partition coefficient (Wildman–Crippen LogP) is 3.37. The number of carbonyl (C=O) groups excluding carboxylic acids is 1. The number of fused-ring (bicyclic) bond motifs is 1. The Hall–Kier alpha value is -4.28. The van der Waals surface area contributed by atoms with Crippen molar-refractivity contribution in [1.82, 2.24) is 34.8 Å². The lowest BCUT2D eigenvalue weighted by Gasteiger charge is -2.23. The summed E-state index contributed by atoms with van der Waals surface area (Å²) in [5.74, 6) is 1.69. The van der Waals surface area contributed by atoms with Crippen LogP contribution in [-0.2, 0) is 6.42 Å².